The highest BCUT2D eigenvalue weighted by Gasteiger charge is 2.34. The molecule has 3 heterocycles. The van der Waals surface area contributed by atoms with Crippen LogP contribution in [0, 0.1) is 0 Å². The maximum Gasteiger partial charge on any atom is 0.417 e. The topological polar surface area (TPSA) is 77.7 Å². The van der Waals surface area contributed by atoms with Crippen molar-refractivity contribution in [1.82, 2.24) is 19.5 Å². The molecule has 0 radical (unpaired) electrons. The van der Waals surface area contributed by atoms with Gasteiger partial charge in [0.15, 0.2) is 15.7 Å². The minimum absolute atomic E-state index is 0.000989. The van der Waals surface area contributed by atoms with E-state index < -0.39 is 38.0 Å². The van der Waals surface area contributed by atoms with Crippen LogP contribution in [0.15, 0.2) is 34.4 Å². The van der Waals surface area contributed by atoms with Crippen molar-refractivity contribution in [2.75, 3.05) is 5.75 Å². The smallest absolute Gasteiger partial charge is 0.324 e. The molecule has 0 aliphatic carbocycles. The van der Waals surface area contributed by atoms with E-state index in [1.807, 2.05) is 0 Å². The minimum atomic E-state index is -4.78. The molecule has 6 nitrogen and oxygen atoms in total. The van der Waals surface area contributed by atoms with Crippen LogP contribution in [-0.4, -0.2) is 39.4 Å². The summed E-state index contributed by atoms with van der Waals surface area (Å²) in [6, 6.07) is 1.81. The zero-order chi connectivity index (χ0) is 21.6. The van der Waals surface area contributed by atoms with E-state index in [0.717, 1.165) is 0 Å². The molecule has 0 unspecified atom stereocenters. The molecule has 0 saturated carbocycles. The first kappa shape index (κ1) is 21.4. The molecule has 0 aliphatic heterocycles. The van der Waals surface area contributed by atoms with Crippen molar-refractivity contribution >= 4 is 32.6 Å². The van der Waals surface area contributed by atoms with Gasteiger partial charge in [-0.1, -0.05) is 6.92 Å². The van der Waals surface area contributed by atoms with Crippen LogP contribution >= 0.6 is 11.8 Å². The number of aryl methyl sites for hydroxylation is 1. The van der Waals surface area contributed by atoms with E-state index in [0.29, 0.717) is 17.8 Å². The summed E-state index contributed by atoms with van der Waals surface area (Å²) in [4.78, 5) is 11.2. The van der Waals surface area contributed by atoms with Crippen LogP contribution in [0.1, 0.15) is 12.5 Å². The van der Waals surface area contributed by atoms with Gasteiger partial charge in [0.05, 0.1) is 33.4 Å². The highest BCUT2D eigenvalue weighted by Crippen LogP contribution is 2.35. The van der Waals surface area contributed by atoms with Crippen molar-refractivity contribution in [1.29, 1.82) is 0 Å². The lowest BCUT2D eigenvalue weighted by molar-refractivity contribution is -0.138. The Labute approximate surface area is 166 Å². The second-order valence-electron chi connectivity index (χ2n) is 5.86. The molecule has 156 valence electrons. The second kappa shape index (κ2) is 7.52. The zero-order valence-corrected chi connectivity index (χ0v) is 16.5. The van der Waals surface area contributed by atoms with Gasteiger partial charge in [0.1, 0.15) is 10.7 Å². The van der Waals surface area contributed by atoms with Gasteiger partial charge in [-0.25, -0.2) is 18.4 Å². The van der Waals surface area contributed by atoms with Crippen molar-refractivity contribution in [2.24, 2.45) is 7.05 Å². The van der Waals surface area contributed by atoms with Crippen molar-refractivity contribution in [2.45, 2.75) is 28.8 Å². The third kappa shape index (κ3) is 4.20. The number of hydrogen-bond donors (Lipinski definition) is 0. The molecule has 0 atom stereocenters. The van der Waals surface area contributed by atoms with Crippen LogP contribution in [0.3, 0.4) is 0 Å². The van der Waals surface area contributed by atoms with E-state index in [-0.39, 0.29) is 33.8 Å². The van der Waals surface area contributed by atoms with Crippen LogP contribution in [-0.2, 0) is 23.1 Å². The van der Waals surface area contributed by atoms with Crippen LogP contribution in [0.25, 0.3) is 22.6 Å². The number of hydrogen-bond acceptors (Lipinski definition) is 6. The van der Waals surface area contributed by atoms with Gasteiger partial charge in [0.25, 0.3) is 5.76 Å². The quantitative estimate of drug-likeness (QED) is 0.427. The molecule has 0 spiro atoms. The number of sulfone groups is 1. The first-order valence-corrected chi connectivity index (χ1v) is 10.5. The van der Waals surface area contributed by atoms with Gasteiger partial charge < -0.3 is 4.57 Å². The van der Waals surface area contributed by atoms with Gasteiger partial charge in [0.2, 0.25) is 0 Å². The summed E-state index contributed by atoms with van der Waals surface area (Å²) in [6.45, 7) is 1.30. The van der Waals surface area contributed by atoms with Gasteiger partial charge >= 0.3 is 6.18 Å². The summed E-state index contributed by atoms with van der Waals surface area (Å²) in [5.74, 6) is -3.16. The third-order valence-corrected chi connectivity index (χ3v) is 6.44. The van der Waals surface area contributed by atoms with Gasteiger partial charge in [-0.05, 0) is 23.9 Å². The molecule has 0 saturated heterocycles. The predicted molar refractivity (Wildman–Crippen MR) is 96.3 cm³/mol. The molecule has 0 aromatic carbocycles. The average Bonchev–Trinajstić information content (AvgIpc) is 2.96. The number of nitrogens with zero attached hydrogens (tertiary/aromatic N) is 4. The van der Waals surface area contributed by atoms with Crippen LogP contribution in [0.4, 0.5) is 22.0 Å². The van der Waals surface area contributed by atoms with E-state index in [1.54, 1.807) is 0 Å². The van der Waals surface area contributed by atoms with Crippen molar-refractivity contribution < 1.29 is 30.4 Å². The number of aromatic nitrogens is 4. The fourth-order valence-corrected chi connectivity index (χ4v) is 4.13. The first-order valence-electron chi connectivity index (χ1n) is 8.01. The van der Waals surface area contributed by atoms with Gasteiger partial charge in [0, 0.05) is 13.2 Å². The standard InChI is InChI=1S/C16H13F5N4O2S2/c1-3-29(26,27)11-4-8(16(19,20)21)6-23-13(11)14-24-9-5-12(28-15(17)18)22-7-10(9)25(14)2/h4-7,15H,3H2,1-2H3. The molecule has 0 N–H and O–H groups in total. The minimum Gasteiger partial charge on any atom is -0.324 e. The third-order valence-electron chi connectivity index (χ3n) is 4.06. The Balaban J connectivity index is 2.24. The van der Waals surface area contributed by atoms with Gasteiger partial charge in [-0.3, -0.25) is 4.98 Å². The molecule has 3 aromatic rings. The molecular formula is C16H13F5N4O2S2. The number of pyridine rings is 2. The molecule has 29 heavy (non-hydrogen) atoms. The Kier molecular flexibility index (Phi) is 5.56. The lowest BCUT2D eigenvalue weighted by Gasteiger charge is -2.12. The van der Waals surface area contributed by atoms with Crippen LogP contribution in [0.2, 0.25) is 0 Å². The van der Waals surface area contributed by atoms with Crippen LogP contribution in [0.5, 0.6) is 0 Å². The van der Waals surface area contributed by atoms with E-state index in [1.165, 1.54) is 30.8 Å². The van der Waals surface area contributed by atoms with E-state index in [9.17, 15) is 30.4 Å². The molecule has 3 aromatic heterocycles. The number of rotatable bonds is 5. The number of thioether (sulfide) groups is 1. The highest BCUT2D eigenvalue weighted by atomic mass is 32.2. The normalized spacial score (nSPS) is 12.8. The number of alkyl halides is 5. The lowest BCUT2D eigenvalue weighted by atomic mass is 10.2. The molecule has 0 aliphatic rings. The molecule has 0 amide bonds. The summed E-state index contributed by atoms with van der Waals surface area (Å²) < 4.78 is 90.6. The fourth-order valence-electron chi connectivity index (χ4n) is 2.60. The summed E-state index contributed by atoms with van der Waals surface area (Å²) >= 11 is 0.210. The molecular weight excluding hydrogens is 439 g/mol. The highest BCUT2D eigenvalue weighted by molar-refractivity contribution is 7.99. The SMILES string of the molecule is CCS(=O)(=O)c1cc(C(F)(F)F)cnc1-c1nc2cc(SC(F)F)ncc2n1C. The first-order chi connectivity index (χ1) is 13.4. The lowest BCUT2D eigenvalue weighted by Crippen LogP contribution is -2.13. The van der Waals surface area contributed by atoms with E-state index in [4.69, 9.17) is 0 Å². The molecule has 0 bridgehead atoms. The number of halogens is 5. The van der Waals surface area contributed by atoms with Gasteiger partial charge in [-0.2, -0.15) is 22.0 Å². The summed E-state index contributed by atoms with van der Waals surface area (Å²) in [5, 5.41) is -0.000989. The van der Waals surface area contributed by atoms with Crippen molar-refractivity contribution in [3.05, 3.63) is 30.1 Å². The average molecular weight is 452 g/mol. The Hall–Kier alpha value is -2.28. The summed E-state index contributed by atoms with van der Waals surface area (Å²) in [5.41, 5.74) is -0.867. The largest absolute Gasteiger partial charge is 0.417 e. The maximum atomic E-state index is 13.1. The van der Waals surface area contributed by atoms with Crippen molar-refractivity contribution in [3.8, 4) is 11.5 Å². The monoisotopic (exact) mass is 452 g/mol. The van der Waals surface area contributed by atoms with Gasteiger partial charge in [-0.15, -0.1) is 0 Å². The number of imidazole rings is 1. The summed E-state index contributed by atoms with van der Waals surface area (Å²) in [6.07, 6.45) is -2.98. The van der Waals surface area contributed by atoms with E-state index in [2.05, 4.69) is 15.0 Å². The van der Waals surface area contributed by atoms with Crippen LogP contribution < -0.4 is 0 Å². The van der Waals surface area contributed by atoms with E-state index >= 15 is 0 Å². The predicted octanol–water partition coefficient (Wildman–Crippen LogP) is 4.16. The molecule has 13 heteroatoms. The number of fused-ring (bicyclic) bond motifs is 1. The zero-order valence-electron chi connectivity index (χ0n) is 14.9. The Morgan fingerprint density at radius 2 is 1.86 bits per heavy atom. The fraction of sp³-hybridized carbons (Fsp3) is 0.312. The Morgan fingerprint density at radius 1 is 1.17 bits per heavy atom. The molecule has 3 rings (SSSR count). The Morgan fingerprint density at radius 3 is 2.45 bits per heavy atom. The molecule has 0 fully saturated rings. The second-order valence-corrected chi connectivity index (χ2v) is 9.11. The Bertz CT molecular complexity index is 1180. The van der Waals surface area contributed by atoms with Crippen molar-refractivity contribution in [3.63, 3.8) is 0 Å². The summed E-state index contributed by atoms with van der Waals surface area (Å²) in [7, 11) is -2.58. The maximum absolute atomic E-state index is 13.1.